The Morgan fingerprint density at radius 2 is 1.62 bits per heavy atom. The monoisotopic (exact) mass is 1060 g/mol. The average Bonchev–Trinajstić information content (AvgIpc) is 4.28. The number of carbonyl (C=O) groups excluding carboxylic acids is 2. The number of ether oxygens (including phenoxy) is 4. The molecule has 0 bridgehead atoms. The van der Waals surface area contributed by atoms with Crippen molar-refractivity contribution in [2.45, 2.75) is 77.6 Å². The van der Waals surface area contributed by atoms with E-state index in [1.807, 2.05) is 16.5 Å². The second-order valence-corrected chi connectivity index (χ2v) is 20.4. The number of aryl methyl sites for hydroxylation is 3. The third-order valence-electron chi connectivity index (χ3n) is 14.9. The van der Waals surface area contributed by atoms with E-state index in [1.165, 1.54) is 27.4 Å². The first-order chi connectivity index (χ1) is 37.2. The zero-order valence-corrected chi connectivity index (χ0v) is 44.6. The highest BCUT2D eigenvalue weighted by Crippen LogP contribution is 2.44. The molecule has 3 aliphatic rings. The molecule has 0 atom stereocenters. The molecule has 20 heteroatoms. The summed E-state index contributed by atoms with van der Waals surface area (Å²) in [4.78, 5) is 36.4. The number of urea groups is 1. The molecule has 0 aliphatic carbocycles. The van der Waals surface area contributed by atoms with Crippen molar-refractivity contribution in [1.82, 2.24) is 49.5 Å². The molecule has 0 unspecified atom stereocenters. The molecule has 7 heterocycles. The number of nitrogens with one attached hydrogen (secondary N) is 2. The van der Waals surface area contributed by atoms with Gasteiger partial charge in [-0.3, -0.25) is 14.2 Å². The number of halogens is 2. The van der Waals surface area contributed by atoms with Crippen molar-refractivity contribution in [3.05, 3.63) is 99.8 Å². The minimum Gasteiger partial charge on any atom is -0.379 e. The topological polar surface area (TPSA) is 158 Å². The largest absolute Gasteiger partial charge is 0.379 e. The van der Waals surface area contributed by atoms with Crippen LogP contribution in [0, 0.1) is 0 Å². The van der Waals surface area contributed by atoms with Crippen LogP contribution in [-0.2, 0) is 63.3 Å². The van der Waals surface area contributed by atoms with Gasteiger partial charge in [0.1, 0.15) is 0 Å². The zero-order chi connectivity index (χ0) is 52.5. The molecule has 3 amide bonds. The molecule has 10 rings (SSSR count). The lowest BCUT2D eigenvalue weighted by Gasteiger charge is -2.34. The van der Waals surface area contributed by atoms with Crippen molar-refractivity contribution in [3.8, 4) is 22.4 Å². The van der Waals surface area contributed by atoms with Gasteiger partial charge in [0.25, 0.3) is 6.43 Å². The van der Waals surface area contributed by atoms with E-state index in [4.69, 9.17) is 24.0 Å². The summed E-state index contributed by atoms with van der Waals surface area (Å²) < 4.78 is 58.5. The molecular formula is C56H69F2N11O6S. The lowest BCUT2D eigenvalue weighted by molar-refractivity contribution is -0.133. The van der Waals surface area contributed by atoms with Gasteiger partial charge in [0, 0.05) is 133 Å². The Labute approximate surface area is 446 Å². The number of carbonyl (C=O) groups is 2. The van der Waals surface area contributed by atoms with Crippen LogP contribution in [0.25, 0.3) is 44.2 Å². The first-order valence-corrected chi connectivity index (χ1v) is 27.6. The Hall–Kier alpha value is -6.29. The maximum atomic E-state index is 14.7. The summed E-state index contributed by atoms with van der Waals surface area (Å²) >= 11 is 1.61. The van der Waals surface area contributed by atoms with E-state index >= 15 is 0 Å². The number of amides is 3. The van der Waals surface area contributed by atoms with Gasteiger partial charge in [0.05, 0.1) is 89.3 Å². The maximum absolute atomic E-state index is 14.7. The van der Waals surface area contributed by atoms with Gasteiger partial charge >= 0.3 is 6.03 Å². The van der Waals surface area contributed by atoms with Crippen LogP contribution in [0.4, 0.5) is 25.1 Å². The number of alkyl halides is 2. The van der Waals surface area contributed by atoms with E-state index in [2.05, 4.69) is 83.6 Å². The molecule has 3 aliphatic heterocycles. The van der Waals surface area contributed by atoms with Crippen LogP contribution in [0.15, 0.2) is 71.8 Å². The smallest absolute Gasteiger partial charge is 0.317 e. The second-order valence-electron chi connectivity index (χ2n) is 19.6. The van der Waals surface area contributed by atoms with Gasteiger partial charge in [-0.15, -0.1) is 11.3 Å². The fourth-order valence-corrected chi connectivity index (χ4v) is 11.6. The minimum absolute atomic E-state index is 0.0455. The third kappa shape index (κ3) is 11.8. The number of fused-ring (bicyclic) bond motifs is 5. The summed E-state index contributed by atoms with van der Waals surface area (Å²) in [5, 5.41) is 20.4. The summed E-state index contributed by atoms with van der Waals surface area (Å²) in [6.07, 6.45) is 4.61. The molecule has 404 valence electrons. The molecule has 4 aromatic heterocycles. The number of anilines is 2. The van der Waals surface area contributed by atoms with Crippen molar-refractivity contribution in [3.63, 3.8) is 0 Å². The molecule has 0 saturated carbocycles. The van der Waals surface area contributed by atoms with E-state index in [-0.39, 0.29) is 30.0 Å². The molecule has 76 heavy (non-hydrogen) atoms. The van der Waals surface area contributed by atoms with E-state index in [0.717, 1.165) is 79.1 Å². The molecule has 1 fully saturated rings. The molecule has 2 N–H and O–H groups in total. The molecule has 0 radical (unpaired) electrons. The average molecular weight is 1060 g/mol. The van der Waals surface area contributed by atoms with E-state index in [9.17, 15) is 18.4 Å². The van der Waals surface area contributed by atoms with Crippen molar-refractivity contribution in [2.75, 3.05) is 97.5 Å². The van der Waals surface area contributed by atoms with Crippen LogP contribution >= 0.6 is 11.3 Å². The highest BCUT2D eigenvalue weighted by molar-refractivity contribution is 7.07. The Balaban J connectivity index is 0.611. The first-order valence-electron chi connectivity index (χ1n) is 26.7. The summed E-state index contributed by atoms with van der Waals surface area (Å²) in [6, 6.07) is 16.7. The standard InChI is InChI=1S/C56H69F2N11O6S/c1-4-67-49-10-7-38(28-45(49)43-9-8-39(30-52(43)67)48-36-76-37-61-48)32-60-15-21-73-23-25-75-27-26-74-24-22-72-20-14-53(70)65-17-11-42(12-18-65)69-50-13-19-66(56(71)59-2)35-47(50)55(63-69)68-16-5-6-40-29-44(41-33-62-64(3)34-41)46(54(57)58)31-51(40)68/h7-10,28-31,33-34,36-37,42,54,60H,4-6,11-27,32,35H2,1-3H3,(H,59,71). The quantitative estimate of drug-likeness (QED) is 0.0591. The van der Waals surface area contributed by atoms with Gasteiger partial charge in [0.2, 0.25) is 5.91 Å². The number of likely N-dealkylation sites (tertiary alicyclic amines) is 1. The molecule has 0 spiro atoms. The molecule has 17 nitrogen and oxygen atoms in total. The highest BCUT2D eigenvalue weighted by Gasteiger charge is 2.35. The number of hydrogen-bond donors (Lipinski definition) is 2. The summed E-state index contributed by atoms with van der Waals surface area (Å²) in [6.45, 7) is 10.9. The zero-order valence-electron chi connectivity index (χ0n) is 43.8. The number of nitrogens with zero attached hydrogens (tertiary/aromatic N) is 9. The van der Waals surface area contributed by atoms with Crippen molar-refractivity contribution >= 4 is 56.6 Å². The van der Waals surface area contributed by atoms with Gasteiger partial charge in [-0.05, 0) is 79.6 Å². The van der Waals surface area contributed by atoms with Crippen LogP contribution in [-0.4, -0.2) is 143 Å². The highest BCUT2D eigenvalue weighted by atomic mass is 32.1. The Morgan fingerprint density at radius 3 is 2.33 bits per heavy atom. The lowest BCUT2D eigenvalue weighted by atomic mass is 9.92. The predicted molar refractivity (Wildman–Crippen MR) is 290 cm³/mol. The first kappa shape index (κ1) is 53.1. The third-order valence-corrected chi connectivity index (χ3v) is 15.5. The van der Waals surface area contributed by atoms with Crippen LogP contribution in [0.3, 0.4) is 0 Å². The fraction of sp³-hybridized carbons (Fsp3) is 0.482. The predicted octanol–water partition coefficient (Wildman–Crippen LogP) is 8.66. The van der Waals surface area contributed by atoms with Gasteiger partial charge in [0.15, 0.2) is 5.82 Å². The summed E-state index contributed by atoms with van der Waals surface area (Å²) in [5.41, 5.74) is 12.5. The number of piperidine rings is 1. The van der Waals surface area contributed by atoms with Gasteiger partial charge in [-0.2, -0.15) is 10.2 Å². The number of rotatable bonds is 23. The van der Waals surface area contributed by atoms with Crippen molar-refractivity contribution in [1.29, 1.82) is 0 Å². The number of thiazole rings is 1. The van der Waals surface area contributed by atoms with Crippen LogP contribution < -0.4 is 15.5 Å². The minimum atomic E-state index is -2.69. The van der Waals surface area contributed by atoms with E-state index in [0.29, 0.717) is 109 Å². The van der Waals surface area contributed by atoms with Crippen LogP contribution in [0.5, 0.6) is 0 Å². The Morgan fingerprint density at radius 1 is 0.842 bits per heavy atom. The van der Waals surface area contributed by atoms with E-state index < -0.39 is 6.43 Å². The summed E-state index contributed by atoms with van der Waals surface area (Å²) in [5.74, 6) is 0.758. The summed E-state index contributed by atoms with van der Waals surface area (Å²) in [7, 11) is 3.40. The maximum Gasteiger partial charge on any atom is 0.317 e. The molecule has 1 saturated heterocycles. The normalized spacial score (nSPS) is 15.1. The second kappa shape index (κ2) is 24.8. The molecular weight excluding hydrogens is 993 g/mol. The van der Waals surface area contributed by atoms with Crippen LogP contribution in [0.2, 0.25) is 0 Å². The Kier molecular flexibility index (Phi) is 17.3. The number of benzene rings is 3. The van der Waals surface area contributed by atoms with Crippen molar-refractivity contribution in [2.24, 2.45) is 7.05 Å². The number of aromatic nitrogens is 6. The number of hydrogen-bond acceptors (Lipinski definition) is 12. The van der Waals surface area contributed by atoms with Gasteiger partial charge in [-0.1, -0.05) is 18.2 Å². The molecule has 3 aromatic carbocycles. The van der Waals surface area contributed by atoms with Crippen molar-refractivity contribution < 1.29 is 37.3 Å². The van der Waals surface area contributed by atoms with Crippen LogP contribution in [0.1, 0.15) is 73.0 Å². The molecule has 7 aromatic rings. The van der Waals surface area contributed by atoms with Gasteiger partial charge < -0.3 is 48.8 Å². The van der Waals surface area contributed by atoms with Gasteiger partial charge in [-0.25, -0.2) is 18.6 Å². The Bertz CT molecular complexity index is 3100. The SMILES string of the molecule is CCn1c2ccc(CNCCOCCOCCOCCOCCC(=O)N3CCC(n4nc(N5CCCc6cc(-c7cnn(C)c7)c(C(F)F)cc65)c5c4CCN(C(=O)NC)C5)CC3)cc2c2ccc(-c3cscn3)cc21. The van der Waals surface area contributed by atoms with E-state index in [1.54, 1.807) is 53.5 Å². The lowest BCUT2D eigenvalue weighted by Crippen LogP contribution is -2.42. The fourth-order valence-electron chi connectivity index (χ4n) is 11.1.